The third-order valence-corrected chi connectivity index (χ3v) is 6.96. The molecule has 0 N–H and O–H groups in total. The van der Waals surface area contributed by atoms with E-state index in [0.29, 0.717) is 19.0 Å². The molecule has 1 aromatic rings. The SMILES string of the molecule is Cc1ccccc1CN1CCC(CN(CC2CCCO2)S(C)(=O)=O)CC1. The van der Waals surface area contributed by atoms with Crippen molar-refractivity contribution in [2.75, 3.05) is 39.0 Å². The zero-order chi connectivity index (χ0) is 18.6. The van der Waals surface area contributed by atoms with Gasteiger partial charge in [-0.05, 0) is 62.7 Å². The maximum absolute atomic E-state index is 12.2. The number of hydrogen-bond donors (Lipinski definition) is 0. The first-order valence-corrected chi connectivity index (χ1v) is 11.6. The molecule has 6 heteroatoms. The molecule has 2 aliphatic heterocycles. The zero-order valence-corrected chi connectivity index (χ0v) is 16.9. The first-order valence-electron chi connectivity index (χ1n) is 9.75. The number of hydrogen-bond acceptors (Lipinski definition) is 4. The van der Waals surface area contributed by atoms with Gasteiger partial charge >= 0.3 is 0 Å². The Morgan fingerprint density at radius 3 is 2.50 bits per heavy atom. The summed E-state index contributed by atoms with van der Waals surface area (Å²) in [6.07, 6.45) is 5.54. The standard InChI is InChI=1S/C20H32N2O3S/c1-17-6-3-4-7-19(17)15-21-11-9-18(10-12-21)14-22(26(2,23)24)16-20-8-5-13-25-20/h3-4,6-7,18,20H,5,8-16H2,1-2H3. The van der Waals surface area contributed by atoms with Gasteiger partial charge in [0.25, 0.3) is 0 Å². The molecular weight excluding hydrogens is 348 g/mol. The topological polar surface area (TPSA) is 49.9 Å². The molecule has 5 nitrogen and oxygen atoms in total. The number of ether oxygens (including phenoxy) is 1. The van der Waals surface area contributed by atoms with Crippen molar-refractivity contribution in [3.05, 3.63) is 35.4 Å². The fourth-order valence-corrected chi connectivity index (χ4v) is 4.92. The van der Waals surface area contributed by atoms with Gasteiger partial charge in [-0.25, -0.2) is 8.42 Å². The highest BCUT2D eigenvalue weighted by Crippen LogP contribution is 2.23. The number of nitrogens with zero attached hydrogens (tertiary/aromatic N) is 2. The van der Waals surface area contributed by atoms with Crippen molar-refractivity contribution in [3.8, 4) is 0 Å². The first kappa shape index (κ1) is 19.8. The van der Waals surface area contributed by atoms with Crippen LogP contribution in [-0.2, 0) is 21.3 Å². The van der Waals surface area contributed by atoms with Gasteiger partial charge in [0.05, 0.1) is 12.4 Å². The third-order valence-electron chi connectivity index (χ3n) is 5.72. The summed E-state index contributed by atoms with van der Waals surface area (Å²) in [5, 5.41) is 0. The van der Waals surface area contributed by atoms with Gasteiger partial charge in [0.1, 0.15) is 0 Å². The number of aryl methyl sites for hydroxylation is 1. The lowest BCUT2D eigenvalue weighted by molar-refractivity contribution is 0.0859. The fraction of sp³-hybridized carbons (Fsp3) is 0.700. The zero-order valence-electron chi connectivity index (χ0n) is 16.1. The molecule has 0 radical (unpaired) electrons. The largest absolute Gasteiger partial charge is 0.377 e. The number of rotatable bonds is 7. The summed E-state index contributed by atoms with van der Waals surface area (Å²) in [7, 11) is -3.18. The summed E-state index contributed by atoms with van der Waals surface area (Å²) in [5.74, 6) is 0.444. The van der Waals surface area contributed by atoms with E-state index in [-0.39, 0.29) is 6.10 Å². The van der Waals surface area contributed by atoms with Gasteiger partial charge in [-0.3, -0.25) is 4.90 Å². The predicted molar refractivity (Wildman–Crippen MR) is 105 cm³/mol. The molecule has 0 aromatic heterocycles. The van der Waals surface area contributed by atoms with Crippen molar-refractivity contribution in [3.63, 3.8) is 0 Å². The average molecular weight is 381 g/mol. The van der Waals surface area contributed by atoms with E-state index in [1.807, 2.05) is 0 Å². The highest BCUT2D eigenvalue weighted by Gasteiger charge is 2.28. The molecule has 2 fully saturated rings. The van der Waals surface area contributed by atoms with Crippen LogP contribution >= 0.6 is 0 Å². The fourth-order valence-electron chi connectivity index (χ4n) is 4.00. The Morgan fingerprint density at radius 2 is 1.88 bits per heavy atom. The van der Waals surface area contributed by atoms with Gasteiger partial charge in [-0.2, -0.15) is 4.31 Å². The summed E-state index contributed by atoms with van der Waals surface area (Å²) in [5.41, 5.74) is 2.73. The molecule has 2 heterocycles. The number of piperidine rings is 1. The molecule has 0 spiro atoms. The number of sulfonamides is 1. The van der Waals surface area contributed by atoms with Crippen molar-refractivity contribution < 1.29 is 13.2 Å². The Morgan fingerprint density at radius 1 is 1.15 bits per heavy atom. The van der Waals surface area contributed by atoms with Gasteiger partial charge in [0.15, 0.2) is 0 Å². The van der Waals surface area contributed by atoms with Crippen molar-refractivity contribution in [1.82, 2.24) is 9.21 Å². The molecule has 3 rings (SSSR count). The van der Waals surface area contributed by atoms with Crippen LogP contribution in [0.2, 0.25) is 0 Å². The minimum absolute atomic E-state index is 0.0749. The second kappa shape index (κ2) is 8.83. The Bertz CT molecular complexity index is 678. The van der Waals surface area contributed by atoms with Crippen molar-refractivity contribution in [2.45, 2.75) is 45.3 Å². The molecule has 26 heavy (non-hydrogen) atoms. The molecular formula is C20H32N2O3S. The summed E-state index contributed by atoms with van der Waals surface area (Å²) in [4.78, 5) is 2.49. The molecule has 0 amide bonds. The van der Waals surface area contributed by atoms with Crippen LogP contribution in [0.15, 0.2) is 24.3 Å². The Balaban J connectivity index is 1.50. The van der Waals surface area contributed by atoms with Crippen LogP contribution in [0.3, 0.4) is 0 Å². The highest BCUT2D eigenvalue weighted by molar-refractivity contribution is 7.88. The summed E-state index contributed by atoms with van der Waals surface area (Å²) in [6.45, 7) is 7.15. The van der Waals surface area contributed by atoms with Crippen LogP contribution < -0.4 is 0 Å². The second-order valence-electron chi connectivity index (χ2n) is 7.86. The van der Waals surface area contributed by atoms with Crippen LogP contribution in [0, 0.1) is 12.8 Å². The number of benzene rings is 1. The van der Waals surface area contributed by atoms with E-state index in [0.717, 1.165) is 51.9 Å². The van der Waals surface area contributed by atoms with Gasteiger partial charge in [-0.1, -0.05) is 24.3 Å². The predicted octanol–water partition coefficient (Wildman–Crippen LogP) is 2.65. The monoisotopic (exact) mass is 380 g/mol. The van der Waals surface area contributed by atoms with Crippen molar-refractivity contribution in [2.24, 2.45) is 5.92 Å². The molecule has 1 aromatic carbocycles. The van der Waals surface area contributed by atoms with Crippen molar-refractivity contribution in [1.29, 1.82) is 0 Å². The molecule has 0 bridgehead atoms. The van der Waals surface area contributed by atoms with Crippen LogP contribution in [0.25, 0.3) is 0 Å². The molecule has 0 saturated carbocycles. The quantitative estimate of drug-likeness (QED) is 0.730. The Labute approximate surface area is 158 Å². The molecule has 146 valence electrons. The van der Waals surface area contributed by atoms with Gasteiger partial charge in [0, 0.05) is 26.2 Å². The van der Waals surface area contributed by atoms with E-state index in [1.54, 1.807) is 4.31 Å². The van der Waals surface area contributed by atoms with Crippen LogP contribution in [-0.4, -0.2) is 62.8 Å². The van der Waals surface area contributed by atoms with Crippen molar-refractivity contribution >= 4 is 10.0 Å². The molecule has 2 aliphatic rings. The molecule has 1 unspecified atom stereocenters. The van der Waals surface area contributed by atoms with Crippen LogP contribution in [0.5, 0.6) is 0 Å². The maximum Gasteiger partial charge on any atom is 0.211 e. The van der Waals surface area contributed by atoms with E-state index in [4.69, 9.17) is 4.74 Å². The van der Waals surface area contributed by atoms with Gasteiger partial charge in [-0.15, -0.1) is 0 Å². The highest BCUT2D eigenvalue weighted by atomic mass is 32.2. The summed E-state index contributed by atoms with van der Waals surface area (Å²) >= 11 is 0. The van der Waals surface area contributed by atoms with E-state index in [9.17, 15) is 8.42 Å². The molecule has 0 aliphatic carbocycles. The van der Waals surface area contributed by atoms with E-state index in [1.165, 1.54) is 17.4 Å². The van der Waals surface area contributed by atoms with Crippen LogP contribution in [0.1, 0.15) is 36.8 Å². The third kappa shape index (κ3) is 5.52. The lowest BCUT2D eigenvalue weighted by atomic mass is 9.96. The molecule has 1 atom stereocenters. The minimum atomic E-state index is -3.18. The number of likely N-dealkylation sites (tertiary alicyclic amines) is 1. The van der Waals surface area contributed by atoms with E-state index >= 15 is 0 Å². The first-order chi connectivity index (χ1) is 12.4. The average Bonchev–Trinajstić information content (AvgIpc) is 3.10. The Hall–Kier alpha value is -0.950. The maximum atomic E-state index is 12.2. The lowest BCUT2D eigenvalue weighted by Crippen LogP contribution is -2.43. The lowest BCUT2D eigenvalue weighted by Gasteiger charge is -2.35. The second-order valence-corrected chi connectivity index (χ2v) is 9.84. The van der Waals surface area contributed by atoms with E-state index < -0.39 is 10.0 Å². The molecule has 2 saturated heterocycles. The smallest absolute Gasteiger partial charge is 0.211 e. The summed E-state index contributed by atoms with van der Waals surface area (Å²) in [6, 6.07) is 8.55. The Kier molecular flexibility index (Phi) is 6.72. The van der Waals surface area contributed by atoms with Gasteiger partial charge < -0.3 is 4.74 Å². The van der Waals surface area contributed by atoms with Crippen LogP contribution in [0.4, 0.5) is 0 Å². The van der Waals surface area contributed by atoms with Gasteiger partial charge in [0.2, 0.25) is 10.0 Å². The summed E-state index contributed by atoms with van der Waals surface area (Å²) < 4.78 is 31.7. The minimum Gasteiger partial charge on any atom is -0.377 e. The van der Waals surface area contributed by atoms with E-state index in [2.05, 4.69) is 36.1 Å². The normalized spacial score (nSPS) is 23.0.